The number of carbonyl (C=O) groups excluding carboxylic acids is 1. The molecule has 0 atom stereocenters. The second-order valence-electron chi connectivity index (χ2n) is 9.49. The van der Waals surface area contributed by atoms with Crippen LogP contribution in [0.4, 0.5) is 5.69 Å². The first-order valence-corrected chi connectivity index (χ1v) is 11.6. The molecule has 1 aliphatic carbocycles. The second-order valence-corrected chi connectivity index (χ2v) is 10.5. The number of aromatic carboxylic acids is 1. The van der Waals surface area contributed by atoms with Gasteiger partial charge in [-0.3, -0.25) is 9.48 Å². The average Bonchev–Trinajstić information content (AvgIpc) is 3.30. The highest BCUT2D eigenvalue weighted by Gasteiger charge is 2.32. The Kier molecular flexibility index (Phi) is 6.90. The van der Waals surface area contributed by atoms with E-state index in [4.69, 9.17) is 0 Å². The molecule has 1 fully saturated rings. The maximum atomic E-state index is 13.6. The van der Waals surface area contributed by atoms with Crippen molar-refractivity contribution in [3.63, 3.8) is 0 Å². The van der Waals surface area contributed by atoms with E-state index < -0.39 is 5.97 Å². The van der Waals surface area contributed by atoms with Gasteiger partial charge in [0.1, 0.15) is 4.88 Å². The summed E-state index contributed by atoms with van der Waals surface area (Å²) in [7, 11) is 1.83. The van der Waals surface area contributed by atoms with Gasteiger partial charge in [-0.15, -0.1) is 11.3 Å². The number of aryl methyl sites for hydroxylation is 1. The molecule has 1 saturated carbocycles. The van der Waals surface area contributed by atoms with Crippen molar-refractivity contribution in [2.75, 3.05) is 4.90 Å². The van der Waals surface area contributed by atoms with E-state index >= 15 is 0 Å². The van der Waals surface area contributed by atoms with Gasteiger partial charge in [0.05, 0.1) is 22.8 Å². The summed E-state index contributed by atoms with van der Waals surface area (Å²) in [5.41, 5.74) is 0.949. The van der Waals surface area contributed by atoms with Gasteiger partial charge in [0.25, 0.3) is 0 Å². The van der Waals surface area contributed by atoms with E-state index in [0.29, 0.717) is 16.5 Å². The number of aromatic nitrogens is 2. The van der Waals surface area contributed by atoms with Crippen molar-refractivity contribution < 1.29 is 14.7 Å². The fourth-order valence-electron chi connectivity index (χ4n) is 3.76. The van der Waals surface area contributed by atoms with Crippen LogP contribution in [0.15, 0.2) is 18.3 Å². The van der Waals surface area contributed by atoms with Crippen molar-refractivity contribution in [1.29, 1.82) is 0 Å². The Morgan fingerprint density at radius 2 is 1.97 bits per heavy atom. The molecule has 6 nitrogen and oxygen atoms in total. The lowest BCUT2D eigenvalue weighted by Gasteiger charge is -2.30. The minimum Gasteiger partial charge on any atom is -0.477 e. The summed E-state index contributed by atoms with van der Waals surface area (Å²) in [6.07, 6.45) is 5.53. The highest BCUT2D eigenvalue weighted by Crippen LogP contribution is 2.36. The van der Waals surface area contributed by atoms with Crippen molar-refractivity contribution in [3.05, 3.63) is 33.8 Å². The zero-order valence-electron chi connectivity index (χ0n) is 18.9. The fraction of sp³-hybridized carbons (Fsp3) is 0.542. The summed E-state index contributed by atoms with van der Waals surface area (Å²) in [4.78, 5) is 28.0. The zero-order valence-corrected chi connectivity index (χ0v) is 19.8. The molecule has 3 rings (SSSR count). The van der Waals surface area contributed by atoms with Crippen molar-refractivity contribution in [1.82, 2.24) is 9.78 Å². The van der Waals surface area contributed by atoms with E-state index in [9.17, 15) is 14.7 Å². The predicted octanol–water partition coefficient (Wildman–Crippen LogP) is 4.94. The highest BCUT2D eigenvalue weighted by molar-refractivity contribution is 7.15. The third-order valence-electron chi connectivity index (χ3n) is 5.48. The first kappa shape index (κ1) is 23.1. The minimum atomic E-state index is -1.04. The Morgan fingerprint density at radius 1 is 1.29 bits per heavy atom. The quantitative estimate of drug-likeness (QED) is 0.667. The van der Waals surface area contributed by atoms with Crippen LogP contribution in [0.5, 0.6) is 0 Å². The van der Waals surface area contributed by atoms with Crippen molar-refractivity contribution in [3.8, 4) is 11.8 Å². The Morgan fingerprint density at radius 3 is 2.52 bits per heavy atom. The number of rotatable bonds is 5. The molecule has 0 saturated heterocycles. The molecule has 2 aromatic heterocycles. The van der Waals surface area contributed by atoms with Crippen LogP contribution in [0.3, 0.4) is 0 Å². The number of hydrogen-bond donors (Lipinski definition) is 1. The first-order valence-electron chi connectivity index (χ1n) is 10.7. The summed E-state index contributed by atoms with van der Waals surface area (Å²) in [5.74, 6) is 5.72. The molecular formula is C24H31N3O3S. The summed E-state index contributed by atoms with van der Waals surface area (Å²) in [5, 5.41) is 14.3. The molecule has 2 heterocycles. The SMILES string of the molecule is Cn1ccc(CN(c2cc(C#CC(C)(C)C)sc2C(=O)O)C(=O)[C@H]2CC[C@@H](C)CC2)n1. The maximum Gasteiger partial charge on any atom is 0.348 e. The molecule has 0 spiro atoms. The lowest BCUT2D eigenvalue weighted by molar-refractivity contribution is -0.123. The van der Waals surface area contributed by atoms with E-state index in [1.807, 2.05) is 40.1 Å². The molecule has 31 heavy (non-hydrogen) atoms. The summed E-state index contributed by atoms with van der Waals surface area (Å²) < 4.78 is 1.69. The zero-order chi connectivity index (χ0) is 22.8. The van der Waals surface area contributed by atoms with Gasteiger partial charge in [0.2, 0.25) is 5.91 Å². The van der Waals surface area contributed by atoms with Gasteiger partial charge in [0, 0.05) is 24.6 Å². The largest absolute Gasteiger partial charge is 0.477 e. The summed E-state index contributed by atoms with van der Waals surface area (Å²) in [6.45, 7) is 8.48. The predicted molar refractivity (Wildman–Crippen MR) is 123 cm³/mol. The maximum absolute atomic E-state index is 13.6. The van der Waals surface area contributed by atoms with Crippen LogP contribution in [0.25, 0.3) is 0 Å². The molecule has 0 unspecified atom stereocenters. The molecule has 0 aromatic carbocycles. The van der Waals surface area contributed by atoms with Crippen LogP contribution in [0, 0.1) is 29.1 Å². The minimum absolute atomic E-state index is 0.0202. The van der Waals surface area contributed by atoms with Crippen molar-refractivity contribution in [2.45, 2.75) is 59.9 Å². The highest BCUT2D eigenvalue weighted by atomic mass is 32.1. The number of amides is 1. The Labute approximate surface area is 188 Å². The molecule has 0 bridgehead atoms. The third kappa shape index (κ3) is 5.98. The van der Waals surface area contributed by atoms with Gasteiger partial charge in [-0.05, 0) is 64.5 Å². The topological polar surface area (TPSA) is 75.4 Å². The lowest BCUT2D eigenvalue weighted by atomic mass is 9.82. The van der Waals surface area contributed by atoms with E-state index in [1.54, 1.807) is 15.6 Å². The van der Waals surface area contributed by atoms with Crippen LogP contribution in [0.1, 0.15) is 73.6 Å². The van der Waals surface area contributed by atoms with Gasteiger partial charge in [-0.1, -0.05) is 18.8 Å². The van der Waals surface area contributed by atoms with Gasteiger partial charge in [-0.25, -0.2) is 4.79 Å². The summed E-state index contributed by atoms with van der Waals surface area (Å²) >= 11 is 1.12. The van der Waals surface area contributed by atoms with Crippen LogP contribution in [-0.2, 0) is 18.4 Å². The molecular weight excluding hydrogens is 410 g/mol. The van der Waals surface area contributed by atoms with Gasteiger partial charge < -0.3 is 10.0 Å². The average molecular weight is 442 g/mol. The molecule has 166 valence electrons. The Balaban J connectivity index is 2.01. The molecule has 1 amide bonds. The number of hydrogen-bond acceptors (Lipinski definition) is 4. The van der Waals surface area contributed by atoms with E-state index in [-0.39, 0.29) is 28.7 Å². The lowest BCUT2D eigenvalue weighted by Crippen LogP contribution is -2.38. The van der Waals surface area contributed by atoms with Gasteiger partial charge in [0.15, 0.2) is 0 Å². The van der Waals surface area contributed by atoms with Crippen molar-refractivity contribution >= 4 is 28.9 Å². The number of carbonyl (C=O) groups is 2. The molecule has 2 aromatic rings. The Bertz CT molecular complexity index is 1010. The molecule has 1 aliphatic rings. The Hall–Kier alpha value is -2.59. The van der Waals surface area contributed by atoms with Crippen LogP contribution >= 0.6 is 11.3 Å². The molecule has 0 radical (unpaired) electrons. The number of anilines is 1. The van der Waals surface area contributed by atoms with Crippen molar-refractivity contribution in [2.24, 2.45) is 24.3 Å². The molecule has 1 N–H and O–H groups in total. The first-order chi connectivity index (χ1) is 14.5. The standard InChI is InChI=1S/C24H31N3O3S/c1-16-6-8-17(9-7-16)22(28)27(15-18-11-13-26(5)25-18)20-14-19(10-12-24(2,3)4)31-21(20)23(29)30/h11,13-14,16-17H,6-9,15H2,1-5H3,(H,29,30)/t16-,17+. The second kappa shape index (κ2) is 9.27. The van der Waals surface area contributed by atoms with Gasteiger partial charge in [-0.2, -0.15) is 5.10 Å². The number of nitrogens with zero attached hydrogens (tertiary/aromatic N) is 3. The third-order valence-corrected chi connectivity index (χ3v) is 6.51. The number of carboxylic acid groups (broad SMARTS) is 1. The van der Waals surface area contributed by atoms with E-state index in [2.05, 4.69) is 23.9 Å². The van der Waals surface area contributed by atoms with Crippen LogP contribution in [-0.4, -0.2) is 26.8 Å². The smallest absolute Gasteiger partial charge is 0.348 e. The van der Waals surface area contributed by atoms with Gasteiger partial charge >= 0.3 is 5.97 Å². The number of thiophene rings is 1. The van der Waals surface area contributed by atoms with Crippen LogP contribution in [0.2, 0.25) is 0 Å². The molecule has 7 heteroatoms. The number of carboxylic acids is 1. The van der Waals surface area contributed by atoms with E-state index in [0.717, 1.165) is 42.7 Å². The van der Waals surface area contributed by atoms with E-state index in [1.165, 1.54) is 0 Å². The van der Waals surface area contributed by atoms with Crippen LogP contribution < -0.4 is 4.90 Å². The fourth-order valence-corrected chi connectivity index (χ4v) is 4.62. The monoisotopic (exact) mass is 441 g/mol. The molecule has 0 aliphatic heterocycles. The normalized spacial score (nSPS) is 18.9. The summed E-state index contributed by atoms with van der Waals surface area (Å²) in [6, 6.07) is 3.61.